The van der Waals surface area contributed by atoms with Crippen LogP contribution in [0.3, 0.4) is 0 Å². The van der Waals surface area contributed by atoms with Gasteiger partial charge in [-0.1, -0.05) is 6.92 Å². The van der Waals surface area contributed by atoms with Crippen molar-refractivity contribution < 1.29 is 13.2 Å². The van der Waals surface area contributed by atoms with Gasteiger partial charge in [-0.3, -0.25) is 4.99 Å². The molecule has 1 aliphatic rings. The van der Waals surface area contributed by atoms with Gasteiger partial charge >= 0.3 is 6.18 Å². The van der Waals surface area contributed by atoms with Crippen molar-refractivity contribution >= 4 is 11.9 Å². The second kappa shape index (κ2) is 7.47. The fourth-order valence-electron chi connectivity index (χ4n) is 1.96. The third-order valence-electron chi connectivity index (χ3n) is 3.39. The maximum Gasteiger partial charge on any atom is 0.433 e. The van der Waals surface area contributed by atoms with Gasteiger partial charge in [0, 0.05) is 25.3 Å². The van der Waals surface area contributed by atoms with Crippen molar-refractivity contribution in [3.63, 3.8) is 0 Å². The number of rotatable bonds is 6. The Morgan fingerprint density at radius 3 is 2.78 bits per heavy atom. The average Bonchev–Trinajstić information content (AvgIpc) is 3.18. The Balaban J connectivity index is 1.82. The molecule has 0 spiro atoms. The van der Waals surface area contributed by atoms with Gasteiger partial charge in [0.05, 0.1) is 6.54 Å². The van der Waals surface area contributed by atoms with Crippen molar-refractivity contribution in [3.05, 3.63) is 18.0 Å². The number of guanidine groups is 1. The smallest absolute Gasteiger partial charge is 0.357 e. The Bertz CT molecular complexity index is 546. The maximum atomic E-state index is 12.5. The molecule has 0 bridgehead atoms. The van der Waals surface area contributed by atoms with E-state index >= 15 is 0 Å². The van der Waals surface area contributed by atoms with Crippen LogP contribution in [-0.2, 0) is 6.18 Å². The van der Waals surface area contributed by atoms with Gasteiger partial charge in [-0.05, 0) is 25.3 Å². The average molecular weight is 330 g/mol. The van der Waals surface area contributed by atoms with Crippen molar-refractivity contribution in [2.75, 3.05) is 25.0 Å². The van der Waals surface area contributed by atoms with Gasteiger partial charge in [-0.15, -0.1) is 0 Å². The van der Waals surface area contributed by atoms with Crippen LogP contribution in [0, 0.1) is 5.92 Å². The van der Waals surface area contributed by atoms with Crippen molar-refractivity contribution in [2.45, 2.75) is 32.5 Å². The number of hydrogen-bond acceptors (Lipinski definition) is 4. The second-order valence-corrected chi connectivity index (χ2v) is 5.41. The van der Waals surface area contributed by atoms with Crippen LogP contribution in [0.2, 0.25) is 0 Å². The molecular formula is C14H21F3N6. The monoisotopic (exact) mass is 330 g/mol. The molecule has 128 valence electrons. The van der Waals surface area contributed by atoms with E-state index in [1.54, 1.807) is 0 Å². The molecule has 9 heteroatoms. The van der Waals surface area contributed by atoms with Gasteiger partial charge in [-0.2, -0.15) is 13.2 Å². The third kappa shape index (κ3) is 5.57. The maximum absolute atomic E-state index is 12.5. The first kappa shape index (κ1) is 17.3. The molecule has 2 rings (SSSR count). The molecule has 0 aliphatic heterocycles. The Kier molecular flexibility index (Phi) is 5.62. The van der Waals surface area contributed by atoms with Crippen molar-refractivity contribution in [1.29, 1.82) is 0 Å². The molecule has 3 N–H and O–H groups in total. The third-order valence-corrected chi connectivity index (χ3v) is 3.39. The van der Waals surface area contributed by atoms with Gasteiger partial charge in [0.1, 0.15) is 5.69 Å². The first-order valence-corrected chi connectivity index (χ1v) is 7.59. The Morgan fingerprint density at radius 1 is 1.43 bits per heavy atom. The van der Waals surface area contributed by atoms with Crippen molar-refractivity contribution in [3.8, 4) is 0 Å². The lowest BCUT2D eigenvalue weighted by Crippen LogP contribution is -2.39. The summed E-state index contributed by atoms with van der Waals surface area (Å²) >= 11 is 0. The van der Waals surface area contributed by atoms with Crippen LogP contribution >= 0.6 is 0 Å². The van der Waals surface area contributed by atoms with E-state index in [-0.39, 0.29) is 5.95 Å². The van der Waals surface area contributed by atoms with Gasteiger partial charge in [0.15, 0.2) is 5.96 Å². The van der Waals surface area contributed by atoms with Crippen LogP contribution in [0.5, 0.6) is 0 Å². The zero-order valence-electron chi connectivity index (χ0n) is 13.1. The molecule has 1 aliphatic carbocycles. The molecule has 0 aromatic carbocycles. The largest absolute Gasteiger partial charge is 0.433 e. The summed E-state index contributed by atoms with van der Waals surface area (Å²) in [4.78, 5) is 11.6. The van der Waals surface area contributed by atoms with E-state index in [1.807, 2.05) is 6.92 Å². The van der Waals surface area contributed by atoms with Crippen LogP contribution < -0.4 is 16.0 Å². The van der Waals surface area contributed by atoms with E-state index in [4.69, 9.17) is 0 Å². The summed E-state index contributed by atoms with van der Waals surface area (Å²) in [6.45, 7) is 5.63. The van der Waals surface area contributed by atoms with Gasteiger partial charge in [-0.25, -0.2) is 9.97 Å². The van der Waals surface area contributed by atoms with Gasteiger partial charge < -0.3 is 16.0 Å². The first-order valence-electron chi connectivity index (χ1n) is 7.59. The van der Waals surface area contributed by atoms with E-state index in [2.05, 4.69) is 37.8 Å². The Hall–Kier alpha value is -2.06. The zero-order chi connectivity index (χ0) is 16.9. The molecule has 2 atom stereocenters. The molecule has 0 saturated heterocycles. The molecule has 23 heavy (non-hydrogen) atoms. The number of alkyl halides is 3. The molecule has 1 aromatic rings. The highest BCUT2D eigenvalue weighted by atomic mass is 19.4. The van der Waals surface area contributed by atoms with E-state index in [0.29, 0.717) is 31.0 Å². The predicted molar refractivity (Wildman–Crippen MR) is 82.2 cm³/mol. The molecular weight excluding hydrogens is 309 g/mol. The van der Waals surface area contributed by atoms with E-state index in [1.165, 1.54) is 0 Å². The summed E-state index contributed by atoms with van der Waals surface area (Å²) in [5.74, 6) is 1.31. The molecule has 0 radical (unpaired) electrons. The number of aliphatic imine (C=N–C) groups is 1. The Morgan fingerprint density at radius 2 is 2.17 bits per heavy atom. The number of anilines is 1. The van der Waals surface area contributed by atoms with Crippen LogP contribution in [0.25, 0.3) is 0 Å². The summed E-state index contributed by atoms with van der Waals surface area (Å²) in [5.41, 5.74) is -0.962. The number of nitrogens with one attached hydrogen (secondary N) is 3. The van der Waals surface area contributed by atoms with Crippen LogP contribution in [0.4, 0.5) is 19.1 Å². The quantitative estimate of drug-likeness (QED) is 0.422. The number of nitrogens with zero attached hydrogens (tertiary/aromatic N) is 3. The summed E-state index contributed by atoms with van der Waals surface area (Å²) in [6.07, 6.45) is -2.26. The first-order chi connectivity index (χ1) is 10.9. The molecule has 1 aromatic heterocycles. The number of halogens is 3. The molecule has 2 unspecified atom stereocenters. The lowest BCUT2D eigenvalue weighted by atomic mass is 10.4. The summed E-state index contributed by atoms with van der Waals surface area (Å²) in [6, 6.07) is 1.29. The highest BCUT2D eigenvalue weighted by Crippen LogP contribution is 2.29. The molecule has 1 saturated carbocycles. The van der Waals surface area contributed by atoms with E-state index in [0.717, 1.165) is 25.2 Å². The highest BCUT2D eigenvalue weighted by Gasteiger charge is 2.33. The standard InChI is InChI=1S/C14H21F3N6/c1-3-18-12(22-10-8-9(10)2)20-6-7-21-13-19-5-4-11(23-13)14(15,16)17/h4-5,9-10H,3,6-8H2,1-2H3,(H2,18,20,22)(H,19,21,23). The fraction of sp³-hybridized carbons (Fsp3) is 0.643. The van der Waals surface area contributed by atoms with Crippen LogP contribution in [0.15, 0.2) is 17.3 Å². The number of aromatic nitrogens is 2. The van der Waals surface area contributed by atoms with Crippen molar-refractivity contribution in [1.82, 2.24) is 20.6 Å². The Labute approximate surface area is 133 Å². The summed E-state index contributed by atoms with van der Waals surface area (Å²) in [7, 11) is 0. The minimum absolute atomic E-state index is 0.0520. The zero-order valence-corrected chi connectivity index (χ0v) is 13.1. The van der Waals surface area contributed by atoms with Gasteiger partial charge in [0.25, 0.3) is 0 Å². The van der Waals surface area contributed by atoms with Gasteiger partial charge in [0.2, 0.25) is 5.95 Å². The topological polar surface area (TPSA) is 74.2 Å². The number of hydrogen-bond donors (Lipinski definition) is 3. The summed E-state index contributed by atoms with van der Waals surface area (Å²) in [5, 5.41) is 9.18. The highest BCUT2D eigenvalue weighted by molar-refractivity contribution is 5.80. The van der Waals surface area contributed by atoms with E-state index < -0.39 is 11.9 Å². The molecule has 0 amide bonds. The molecule has 1 heterocycles. The minimum Gasteiger partial charge on any atom is -0.357 e. The predicted octanol–water partition coefficient (Wildman–Crippen LogP) is 1.87. The molecule has 6 nitrogen and oxygen atoms in total. The lowest BCUT2D eigenvalue weighted by Gasteiger charge is -2.11. The normalized spacial score (nSPS) is 21.0. The lowest BCUT2D eigenvalue weighted by molar-refractivity contribution is -0.141. The molecule has 1 fully saturated rings. The van der Waals surface area contributed by atoms with Crippen LogP contribution in [-0.4, -0.2) is 41.6 Å². The van der Waals surface area contributed by atoms with E-state index in [9.17, 15) is 13.2 Å². The second-order valence-electron chi connectivity index (χ2n) is 5.41. The van der Waals surface area contributed by atoms with Crippen molar-refractivity contribution in [2.24, 2.45) is 10.9 Å². The summed E-state index contributed by atoms with van der Waals surface area (Å²) < 4.78 is 37.6. The minimum atomic E-state index is -4.47. The fourth-order valence-corrected chi connectivity index (χ4v) is 1.96. The van der Waals surface area contributed by atoms with Crippen LogP contribution in [0.1, 0.15) is 26.0 Å². The SMILES string of the molecule is CCNC(=NCCNc1nccc(C(F)(F)F)n1)NC1CC1C.